The van der Waals surface area contributed by atoms with E-state index in [0.29, 0.717) is 5.33 Å². The molecule has 88 valence electrons. The van der Waals surface area contributed by atoms with Crippen molar-refractivity contribution in [3.05, 3.63) is 28.8 Å². The van der Waals surface area contributed by atoms with Gasteiger partial charge in [-0.25, -0.2) is 0 Å². The number of methoxy groups -OCH3 is 2. The molecule has 0 bridgehead atoms. The number of aryl methyl sites for hydroxylation is 1. The summed E-state index contributed by atoms with van der Waals surface area (Å²) in [5.41, 5.74) is 3.01. The quantitative estimate of drug-likeness (QED) is 0.631. The molecule has 0 saturated heterocycles. The topological polar surface area (TPSA) is 35.5 Å². The van der Waals surface area contributed by atoms with Gasteiger partial charge in [-0.1, -0.05) is 33.6 Å². The van der Waals surface area contributed by atoms with Crippen LogP contribution in [0.25, 0.3) is 0 Å². The Morgan fingerprint density at radius 1 is 1.31 bits per heavy atom. The second-order valence-electron chi connectivity index (χ2n) is 3.50. The van der Waals surface area contributed by atoms with E-state index in [2.05, 4.69) is 20.7 Å². The second kappa shape index (κ2) is 5.89. The van der Waals surface area contributed by atoms with Gasteiger partial charge in [-0.3, -0.25) is 4.79 Å². The van der Waals surface area contributed by atoms with E-state index in [4.69, 9.17) is 4.74 Å². The molecule has 0 aliphatic heterocycles. The Morgan fingerprint density at radius 2 is 1.94 bits per heavy atom. The van der Waals surface area contributed by atoms with Crippen LogP contribution in [-0.2, 0) is 21.3 Å². The molecule has 0 N–H and O–H groups in total. The molecule has 0 radical (unpaired) electrons. The number of benzene rings is 1. The number of esters is 1. The molecular weight excluding hydrogens is 272 g/mol. The molecular formula is C12H15BrO3. The molecule has 1 rings (SSSR count). The van der Waals surface area contributed by atoms with Crippen LogP contribution in [0, 0.1) is 6.92 Å². The van der Waals surface area contributed by atoms with E-state index < -0.39 is 0 Å². The lowest BCUT2D eigenvalue weighted by Crippen LogP contribution is -2.07. The van der Waals surface area contributed by atoms with Crippen molar-refractivity contribution >= 4 is 21.9 Å². The van der Waals surface area contributed by atoms with Crippen LogP contribution in [0.3, 0.4) is 0 Å². The zero-order valence-electron chi connectivity index (χ0n) is 9.67. The average Bonchev–Trinajstić information content (AvgIpc) is 2.28. The molecule has 3 nitrogen and oxygen atoms in total. The third kappa shape index (κ3) is 2.98. The van der Waals surface area contributed by atoms with Gasteiger partial charge in [0.15, 0.2) is 0 Å². The molecule has 0 amide bonds. The summed E-state index contributed by atoms with van der Waals surface area (Å²) in [6.45, 7) is 1.99. The lowest BCUT2D eigenvalue weighted by molar-refractivity contribution is -0.139. The van der Waals surface area contributed by atoms with E-state index in [9.17, 15) is 4.79 Å². The lowest BCUT2D eigenvalue weighted by Gasteiger charge is -2.13. The van der Waals surface area contributed by atoms with Gasteiger partial charge >= 0.3 is 5.97 Å². The number of hydrogen-bond donors (Lipinski definition) is 0. The van der Waals surface area contributed by atoms with E-state index in [1.165, 1.54) is 7.11 Å². The number of halogens is 1. The molecule has 4 heteroatoms. The van der Waals surface area contributed by atoms with Crippen LogP contribution in [0.1, 0.15) is 16.7 Å². The summed E-state index contributed by atoms with van der Waals surface area (Å²) in [7, 11) is 2.99. The molecule has 1 aromatic carbocycles. The highest BCUT2D eigenvalue weighted by molar-refractivity contribution is 9.08. The molecule has 0 saturated carbocycles. The molecule has 0 heterocycles. The van der Waals surface area contributed by atoms with E-state index in [0.717, 1.165) is 22.4 Å². The Balaban J connectivity index is 3.14. The fourth-order valence-electron chi connectivity index (χ4n) is 1.65. The Labute approximate surface area is 104 Å². The number of alkyl halides is 1. The van der Waals surface area contributed by atoms with Crippen molar-refractivity contribution in [2.75, 3.05) is 14.2 Å². The normalized spacial score (nSPS) is 10.0. The molecule has 0 spiro atoms. The van der Waals surface area contributed by atoms with E-state index >= 15 is 0 Å². The predicted octanol–water partition coefficient (Wildman–Crippen LogP) is 2.61. The summed E-state index contributed by atoms with van der Waals surface area (Å²) in [5, 5.41) is 0.700. The van der Waals surface area contributed by atoms with Crippen LogP contribution < -0.4 is 4.74 Å². The van der Waals surface area contributed by atoms with Crippen molar-refractivity contribution < 1.29 is 14.3 Å². The third-order valence-electron chi connectivity index (χ3n) is 2.30. The van der Waals surface area contributed by atoms with E-state index in [1.54, 1.807) is 7.11 Å². The summed E-state index contributed by atoms with van der Waals surface area (Å²) < 4.78 is 9.99. The summed E-state index contributed by atoms with van der Waals surface area (Å²) in [5.74, 6) is 0.497. The second-order valence-corrected chi connectivity index (χ2v) is 4.06. The van der Waals surface area contributed by atoms with Crippen molar-refractivity contribution in [2.24, 2.45) is 0 Å². The zero-order chi connectivity index (χ0) is 12.1. The number of hydrogen-bond acceptors (Lipinski definition) is 3. The van der Waals surface area contributed by atoms with Gasteiger partial charge in [0, 0.05) is 16.5 Å². The van der Waals surface area contributed by atoms with Crippen LogP contribution in [-0.4, -0.2) is 20.2 Å². The Hall–Kier alpha value is -1.03. The van der Waals surface area contributed by atoms with Crippen LogP contribution >= 0.6 is 15.9 Å². The van der Waals surface area contributed by atoms with E-state index in [1.807, 2.05) is 19.1 Å². The molecule has 0 aliphatic rings. The molecule has 0 aliphatic carbocycles. The van der Waals surface area contributed by atoms with Crippen molar-refractivity contribution in [1.29, 1.82) is 0 Å². The summed E-state index contributed by atoms with van der Waals surface area (Å²) in [6, 6.07) is 3.98. The summed E-state index contributed by atoms with van der Waals surface area (Å²) in [6.07, 6.45) is 0.237. The predicted molar refractivity (Wildman–Crippen MR) is 66.1 cm³/mol. The Morgan fingerprint density at radius 3 is 2.44 bits per heavy atom. The van der Waals surface area contributed by atoms with Gasteiger partial charge < -0.3 is 9.47 Å². The monoisotopic (exact) mass is 286 g/mol. The van der Waals surface area contributed by atoms with Crippen LogP contribution in [0.5, 0.6) is 5.75 Å². The fraction of sp³-hybridized carbons (Fsp3) is 0.417. The molecule has 16 heavy (non-hydrogen) atoms. The standard InChI is InChI=1S/C12H15BrO3/c1-8-4-9(6-11(14)15-2)12(16-3)10(5-8)7-13/h4-5H,6-7H2,1-3H3. The van der Waals surface area contributed by atoms with E-state index in [-0.39, 0.29) is 12.4 Å². The molecule has 0 aromatic heterocycles. The van der Waals surface area contributed by atoms with Crippen molar-refractivity contribution in [3.8, 4) is 5.75 Å². The summed E-state index contributed by atoms with van der Waals surface area (Å²) in [4.78, 5) is 11.3. The minimum atomic E-state index is -0.260. The van der Waals surface area contributed by atoms with Gasteiger partial charge in [0.05, 0.1) is 20.6 Å². The summed E-state index contributed by atoms with van der Waals surface area (Å²) >= 11 is 3.40. The first-order valence-electron chi connectivity index (χ1n) is 4.91. The van der Waals surface area contributed by atoms with Gasteiger partial charge in [-0.15, -0.1) is 0 Å². The van der Waals surface area contributed by atoms with Crippen LogP contribution in [0.4, 0.5) is 0 Å². The van der Waals surface area contributed by atoms with Crippen molar-refractivity contribution in [2.45, 2.75) is 18.7 Å². The van der Waals surface area contributed by atoms with Gasteiger partial charge in [0.1, 0.15) is 5.75 Å². The first-order valence-corrected chi connectivity index (χ1v) is 6.03. The number of rotatable bonds is 4. The number of carbonyl (C=O) groups excluding carboxylic acids is 1. The first-order chi connectivity index (χ1) is 7.62. The SMILES string of the molecule is COC(=O)Cc1cc(C)cc(CBr)c1OC. The first kappa shape index (κ1) is 13.0. The van der Waals surface area contributed by atoms with Crippen LogP contribution in [0.2, 0.25) is 0 Å². The molecule has 0 atom stereocenters. The minimum absolute atomic E-state index is 0.237. The van der Waals surface area contributed by atoms with Gasteiger partial charge in [0.25, 0.3) is 0 Å². The van der Waals surface area contributed by atoms with Crippen molar-refractivity contribution in [3.63, 3.8) is 0 Å². The third-order valence-corrected chi connectivity index (χ3v) is 2.90. The molecule has 0 unspecified atom stereocenters. The Bertz CT molecular complexity index is 388. The number of ether oxygens (including phenoxy) is 2. The highest BCUT2D eigenvalue weighted by atomic mass is 79.9. The average molecular weight is 287 g/mol. The fourth-order valence-corrected chi connectivity index (χ4v) is 2.07. The van der Waals surface area contributed by atoms with Crippen LogP contribution in [0.15, 0.2) is 12.1 Å². The van der Waals surface area contributed by atoms with Gasteiger partial charge in [-0.2, -0.15) is 0 Å². The maximum Gasteiger partial charge on any atom is 0.310 e. The largest absolute Gasteiger partial charge is 0.496 e. The van der Waals surface area contributed by atoms with Gasteiger partial charge in [-0.05, 0) is 6.92 Å². The highest BCUT2D eigenvalue weighted by Gasteiger charge is 2.13. The number of carbonyl (C=O) groups is 1. The molecule has 1 aromatic rings. The highest BCUT2D eigenvalue weighted by Crippen LogP contribution is 2.28. The maximum atomic E-state index is 11.3. The van der Waals surface area contributed by atoms with Gasteiger partial charge in [0.2, 0.25) is 0 Å². The maximum absolute atomic E-state index is 11.3. The lowest BCUT2D eigenvalue weighted by atomic mass is 10.0. The zero-order valence-corrected chi connectivity index (χ0v) is 11.3. The minimum Gasteiger partial charge on any atom is -0.496 e. The van der Waals surface area contributed by atoms with Crippen molar-refractivity contribution in [1.82, 2.24) is 0 Å². The smallest absolute Gasteiger partial charge is 0.310 e. The Kier molecular flexibility index (Phi) is 4.80. The molecule has 0 fully saturated rings.